The van der Waals surface area contributed by atoms with Crippen LogP contribution in [0.2, 0.25) is 0 Å². The number of likely N-dealkylation sites (N-methyl/N-ethyl adjacent to an activating group) is 1. The number of hydrogen-bond donors (Lipinski definition) is 1. The number of ether oxygens (including phenoxy) is 1. The lowest BCUT2D eigenvalue weighted by atomic mass is 9.64. The number of fused-ring (bicyclic) bond motifs is 4. The highest BCUT2D eigenvalue weighted by molar-refractivity contribution is 7.94. The van der Waals surface area contributed by atoms with Crippen LogP contribution in [0.1, 0.15) is 50.5 Å². The van der Waals surface area contributed by atoms with Crippen LogP contribution < -0.4 is 14.4 Å². The molecule has 2 aliphatic heterocycles. The fourth-order valence-corrected chi connectivity index (χ4v) is 8.46. The number of thiazole rings is 1. The molecule has 5 heterocycles. The summed E-state index contributed by atoms with van der Waals surface area (Å²) < 4.78 is 35.3. The van der Waals surface area contributed by atoms with Crippen LogP contribution in [-0.2, 0) is 20.2 Å². The van der Waals surface area contributed by atoms with Crippen LogP contribution in [0, 0.1) is 0 Å². The summed E-state index contributed by atoms with van der Waals surface area (Å²) in [6.45, 7) is 3.59. The van der Waals surface area contributed by atoms with E-state index in [1.807, 2.05) is 25.2 Å². The maximum Gasteiger partial charge on any atom is 0.273 e. The van der Waals surface area contributed by atoms with E-state index in [2.05, 4.69) is 24.6 Å². The minimum atomic E-state index is -3.88. The monoisotopic (exact) mass is 654 g/mol. The van der Waals surface area contributed by atoms with Gasteiger partial charge >= 0.3 is 0 Å². The molecule has 1 saturated heterocycles. The molecular weight excluding hydrogens is 620 g/mol. The third-order valence-electron chi connectivity index (χ3n) is 9.02. The number of amides is 1. The van der Waals surface area contributed by atoms with Crippen LogP contribution in [0.25, 0.3) is 22.0 Å². The van der Waals surface area contributed by atoms with Crippen LogP contribution in [0.3, 0.4) is 0 Å². The topological polar surface area (TPSA) is 118 Å². The van der Waals surface area contributed by atoms with Crippen LogP contribution >= 0.6 is 23.7 Å². The predicted octanol–water partition coefficient (Wildman–Crippen LogP) is 5.63. The van der Waals surface area contributed by atoms with Crippen molar-refractivity contribution >= 4 is 62.0 Å². The third-order valence-corrected chi connectivity index (χ3v) is 11.7. The second-order valence-electron chi connectivity index (χ2n) is 11.7. The SMILES string of the molecule is CN1C(=O)C2(CCC2)c2c1cnc1ccc(-c3cnc(OCCCN4CCCCC4)c(NS(=O)(=O)c4cncs4)c3)cc21.Cl. The van der Waals surface area contributed by atoms with E-state index in [0.29, 0.717) is 6.61 Å². The smallest absolute Gasteiger partial charge is 0.273 e. The predicted molar refractivity (Wildman–Crippen MR) is 174 cm³/mol. The highest BCUT2D eigenvalue weighted by Crippen LogP contribution is 2.55. The molecule has 1 spiro atoms. The summed E-state index contributed by atoms with van der Waals surface area (Å²) in [7, 11) is -2.06. The van der Waals surface area contributed by atoms with Gasteiger partial charge in [0.1, 0.15) is 5.69 Å². The van der Waals surface area contributed by atoms with Gasteiger partial charge in [0, 0.05) is 36.3 Å². The Morgan fingerprint density at radius 3 is 2.57 bits per heavy atom. The second kappa shape index (κ2) is 12.2. The van der Waals surface area contributed by atoms with E-state index in [4.69, 9.17) is 4.74 Å². The lowest BCUT2D eigenvalue weighted by molar-refractivity contribution is -0.125. The Hall–Kier alpha value is -3.32. The molecule has 1 saturated carbocycles. The Morgan fingerprint density at radius 1 is 1.02 bits per heavy atom. The number of carbonyl (C=O) groups is 1. The summed E-state index contributed by atoms with van der Waals surface area (Å²) in [5.74, 6) is 0.371. The first-order valence-corrected chi connectivity index (χ1v) is 17.2. The number of nitrogens with one attached hydrogen (secondary N) is 1. The highest BCUT2D eigenvalue weighted by atomic mass is 35.5. The minimum Gasteiger partial charge on any atom is -0.476 e. The van der Waals surface area contributed by atoms with Gasteiger partial charge in [-0.25, -0.2) is 13.4 Å². The van der Waals surface area contributed by atoms with E-state index >= 15 is 0 Å². The number of sulfonamides is 1. The number of carbonyl (C=O) groups excluding carboxylic acids is 1. The molecule has 2 fully saturated rings. The summed E-state index contributed by atoms with van der Waals surface area (Å²) in [6.07, 6.45) is 12.1. The molecule has 10 nitrogen and oxygen atoms in total. The molecule has 13 heteroatoms. The number of rotatable bonds is 9. The van der Waals surface area contributed by atoms with Crippen LogP contribution in [0.15, 0.2) is 52.6 Å². The molecule has 0 unspecified atom stereocenters. The lowest BCUT2D eigenvalue weighted by Gasteiger charge is -2.37. The first-order chi connectivity index (χ1) is 20.9. The average molecular weight is 655 g/mol. The van der Waals surface area contributed by atoms with Crippen molar-refractivity contribution in [2.45, 2.75) is 54.6 Å². The summed E-state index contributed by atoms with van der Waals surface area (Å²) in [6, 6.07) is 7.71. The summed E-state index contributed by atoms with van der Waals surface area (Å²) >= 11 is 1.05. The zero-order valence-electron chi connectivity index (χ0n) is 24.5. The molecule has 1 amide bonds. The van der Waals surface area contributed by atoms with Crippen molar-refractivity contribution in [3.05, 3.63) is 53.9 Å². The molecule has 0 atom stereocenters. The van der Waals surface area contributed by atoms with Gasteiger partial charge in [0.2, 0.25) is 11.8 Å². The van der Waals surface area contributed by atoms with E-state index in [-0.39, 0.29) is 34.1 Å². The number of piperidine rings is 1. The molecule has 1 aromatic carbocycles. The van der Waals surface area contributed by atoms with Crippen LogP contribution in [-0.4, -0.2) is 67.5 Å². The van der Waals surface area contributed by atoms with Crippen molar-refractivity contribution in [3.63, 3.8) is 0 Å². The fourth-order valence-electron chi connectivity index (χ4n) is 6.62. The number of nitrogens with zero attached hydrogens (tertiary/aromatic N) is 5. The molecule has 3 aliphatic rings. The van der Waals surface area contributed by atoms with Crippen LogP contribution in [0.5, 0.6) is 5.88 Å². The van der Waals surface area contributed by atoms with Crippen molar-refractivity contribution < 1.29 is 17.9 Å². The van der Waals surface area contributed by atoms with Crippen molar-refractivity contribution in [1.82, 2.24) is 19.9 Å². The lowest BCUT2D eigenvalue weighted by Crippen LogP contribution is -2.43. The molecule has 4 aromatic rings. The van der Waals surface area contributed by atoms with E-state index in [9.17, 15) is 13.2 Å². The van der Waals surface area contributed by atoms with E-state index in [1.54, 1.807) is 23.4 Å². The quantitative estimate of drug-likeness (QED) is 0.231. The Balaban J connectivity index is 0.00000343. The normalized spacial score (nSPS) is 17.8. The van der Waals surface area contributed by atoms with Gasteiger partial charge in [-0.15, -0.1) is 23.7 Å². The maximum absolute atomic E-state index is 13.3. The molecule has 232 valence electrons. The standard InChI is InChI=1S/C31H34N6O4S2.ClH/c1-36-26-18-33-24-8-7-21(15-23(24)28(26)31(30(36)38)9-5-10-31)22-16-25(35-43(39,40)27-19-32-20-42-27)29(34-17-22)41-14-6-13-37-11-3-2-4-12-37;/h7-8,15-20,35H,2-6,9-14H2,1H3;1H. The number of pyridine rings is 2. The number of aromatic nitrogens is 3. The molecule has 1 N–H and O–H groups in total. The van der Waals surface area contributed by atoms with Gasteiger partial charge in [-0.2, -0.15) is 0 Å². The Kier molecular flexibility index (Phi) is 8.53. The van der Waals surface area contributed by atoms with E-state index < -0.39 is 15.4 Å². The zero-order valence-corrected chi connectivity index (χ0v) is 26.9. The number of likely N-dealkylation sites (tertiary alicyclic amines) is 1. The van der Waals surface area contributed by atoms with Crippen molar-refractivity contribution in [2.75, 3.05) is 42.9 Å². The average Bonchev–Trinajstić information content (AvgIpc) is 3.63. The molecule has 0 bridgehead atoms. The number of anilines is 2. The van der Waals surface area contributed by atoms with Gasteiger partial charge in [0.05, 0.1) is 41.1 Å². The van der Waals surface area contributed by atoms with Crippen molar-refractivity contribution in [1.29, 1.82) is 0 Å². The molecule has 7 rings (SSSR count). The third kappa shape index (κ3) is 5.42. The van der Waals surface area contributed by atoms with Gasteiger partial charge < -0.3 is 14.5 Å². The fraction of sp³-hybridized carbons (Fsp3) is 0.419. The van der Waals surface area contributed by atoms with Gasteiger partial charge in [-0.05, 0) is 69.0 Å². The molecule has 1 aliphatic carbocycles. The molecular formula is C31H35ClN6O4S2. The van der Waals surface area contributed by atoms with Gasteiger partial charge in [0.25, 0.3) is 10.0 Å². The van der Waals surface area contributed by atoms with Crippen LogP contribution in [0.4, 0.5) is 11.4 Å². The first kappa shape index (κ1) is 30.7. The largest absolute Gasteiger partial charge is 0.476 e. The van der Waals surface area contributed by atoms with Gasteiger partial charge in [-0.1, -0.05) is 18.9 Å². The number of hydrogen-bond acceptors (Lipinski definition) is 9. The summed E-state index contributed by atoms with van der Waals surface area (Å²) in [5, 5.41) is 0.942. The molecule has 3 aromatic heterocycles. The van der Waals surface area contributed by atoms with Gasteiger partial charge in [0.15, 0.2) is 4.21 Å². The minimum absolute atomic E-state index is 0. The molecule has 44 heavy (non-hydrogen) atoms. The van der Waals surface area contributed by atoms with Gasteiger partial charge in [-0.3, -0.25) is 19.5 Å². The first-order valence-electron chi connectivity index (χ1n) is 14.8. The van der Waals surface area contributed by atoms with Crippen molar-refractivity contribution in [3.8, 4) is 17.0 Å². The summed E-state index contributed by atoms with van der Waals surface area (Å²) in [4.78, 5) is 30.6. The Morgan fingerprint density at radius 2 is 1.84 bits per heavy atom. The Labute approximate surface area is 267 Å². The zero-order chi connectivity index (χ0) is 29.6. The number of halogens is 1. The highest BCUT2D eigenvalue weighted by Gasteiger charge is 2.54. The summed E-state index contributed by atoms with van der Waals surface area (Å²) in [5.41, 5.74) is 5.58. The second-order valence-corrected chi connectivity index (χ2v) is 14.5. The van der Waals surface area contributed by atoms with E-state index in [1.165, 1.54) is 31.0 Å². The maximum atomic E-state index is 13.3. The Bertz CT molecular complexity index is 1790. The van der Waals surface area contributed by atoms with E-state index in [0.717, 1.165) is 89.9 Å². The van der Waals surface area contributed by atoms with Crippen molar-refractivity contribution in [2.24, 2.45) is 0 Å². The number of benzene rings is 1. The molecule has 0 radical (unpaired) electrons.